The third-order valence-electron chi connectivity index (χ3n) is 3.57. The molecule has 1 heterocycles. The quantitative estimate of drug-likeness (QED) is 0.898. The largest absolute Gasteiger partial charge is 0.323 e. The van der Waals surface area contributed by atoms with Crippen molar-refractivity contribution < 1.29 is 8.78 Å². The van der Waals surface area contributed by atoms with E-state index in [2.05, 4.69) is 11.8 Å². The summed E-state index contributed by atoms with van der Waals surface area (Å²) in [5.74, 6) is -0.955. The number of rotatable bonds is 3. The average Bonchev–Trinajstić information content (AvgIpc) is 2.32. The molecule has 2 rings (SSSR count). The topological polar surface area (TPSA) is 29.3 Å². The lowest BCUT2D eigenvalue weighted by Crippen LogP contribution is -2.39. The average molecular weight is 254 g/mol. The van der Waals surface area contributed by atoms with Crippen molar-refractivity contribution in [2.75, 3.05) is 19.6 Å². The van der Waals surface area contributed by atoms with Gasteiger partial charge in [-0.05, 0) is 43.0 Å². The molecule has 0 bridgehead atoms. The third-order valence-corrected chi connectivity index (χ3v) is 3.57. The van der Waals surface area contributed by atoms with Crippen molar-refractivity contribution in [2.24, 2.45) is 11.7 Å². The van der Waals surface area contributed by atoms with E-state index in [4.69, 9.17) is 5.73 Å². The molecular weight excluding hydrogens is 234 g/mol. The van der Waals surface area contributed by atoms with Crippen LogP contribution in [0.25, 0.3) is 0 Å². The van der Waals surface area contributed by atoms with E-state index in [0.717, 1.165) is 19.2 Å². The van der Waals surface area contributed by atoms with Crippen LogP contribution in [0.5, 0.6) is 0 Å². The number of likely N-dealkylation sites (tertiary alicyclic amines) is 1. The monoisotopic (exact) mass is 254 g/mol. The van der Waals surface area contributed by atoms with E-state index < -0.39 is 11.6 Å². The molecule has 2 nitrogen and oxygen atoms in total. The Hall–Kier alpha value is -1.00. The Balaban J connectivity index is 1.98. The molecule has 100 valence electrons. The highest BCUT2D eigenvalue weighted by molar-refractivity contribution is 5.21. The smallest absolute Gasteiger partial charge is 0.159 e. The number of hydrogen-bond acceptors (Lipinski definition) is 2. The Morgan fingerprint density at radius 1 is 1.39 bits per heavy atom. The van der Waals surface area contributed by atoms with E-state index in [1.807, 2.05) is 0 Å². The fourth-order valence-corrected chi connectivity index (χ4v) is 2.58. The van der Waals surface area contributed by atoms with E-state index in [1.54, 1.807) is 6.07 Å². The predicted molar refractivity (Wildman–Crippen MR) is 68.1 cm³/mol. The van der Waals surface area contributed by atoms with E-state index in [-0.39, 0.29) is 6.04 Å². The van der Waals surface area contributed by atoms with Crippen molar-refractivity contribution in [3.05, 3.63) is 35.4 Å². The van der Waals surface area contributed by atoms with Crippen LogP contribution < -0.4 is 5.73 Å². The first-order valence-electron chi connectivity index (χ1n) is 6.49. The Kier molecular flexibility index (Phi) is 4.30. The van der Waals surface area contributed by atoms with Crippen LogP contribution in [0.15, 0.2) is 18.2 Å². The summed E-state index contributed by atoms with van der Waals surface area (Å²) in [7, 11) is 0. The Morgan fingerprint density at radius 2 is 2.17 bits per heavy atom. The number of nitrogens with two attached hydrogens (primary N) is 1. The fourth-order valence-electron chi connectivity index (χ4n) is 2.58. The second-order valence-corrected chi connectivity index (χ2v) is 5.29. The first kappa shape index (κ1) is 13.4. The van der Waals surface area contributed by atoms with Crippen molar-refractivity contribution in [3.8, 4) is 0 Å². The molecular formula is C14H20F2N2. The van der Waals surface area contributed by atoms with E-state index >= 15 is 0 Å². The zero-order chi connectivity index (χ0) is 13.1. The van der Waals surface area contributed by atoms with Gasteiger partial charge in [-0.25, -0.2) is 8.78 Å². The van der Waals surface area contributed by atoms with Crippen molar-refractivity contribution in [1.82, 2.24) is 4.90 Å². The van der Waals surface area contributed by atoms with Gasteiger partial charge < -0.3 is 10.6 Å². The maximum Gasteiger partial charge on any atom is 0.159 e. The molecule has 1 saturated heterocycles. The lowest BCUT2D eigenvalue weighted by Gasteiger charge is -2.32. The molecule has 0 aromatic heterocycles. The summed E-state index contributed by atoms with van der Waals surface area (Å²) >= 11 is 0. The van der Waals surface area contributed by atoms with E-state index in [9.17, 15) is 8.78 Å². The molecule has 0 aliphatic carbocycles. The van der Waals surface area contributed by atoms with Gasteiger partial charge in [-0.15, -0.1) is 0 Å². The number of nitrogens with zero attached hydrogens (tertiary/aromatic N) is 1. The molecule has 0 spiro atoms. The van der Waals surface area contributed by atoms with Crippen LogP contribution in [-0.4, -0.2) is 24.5 Å². The Morgan fingerprint density at radius 3 is 2.83 bits per heavy atom. The first-order chi connectivity index (χ1) is 8.56. The SMILES string of the molecule is CC1CCCN(CC(N)c2ccc(F)c(F)c2)C1. The maximum atomic E-state index is 13.1. The van der Waals surface area contributed by atoms with Crippen LogP contribution in [0.1, 0.15) is 31.4 Å². The summed E-state index contributed by atoms with van der Waals surface area (Å²) in [4.78, 5) is 2.31. The van der Waals surface area contributed by atoms with Gasteiger partial charge in [0.05, 0.1) is 0 Å². The molecule has 4 heteroatoms. The zero-order valence-corrected chi connectivity index (χ0v) is 10.7. The molecule has 18 heavy (non-hydrogen) atoms. The molecule has 2 N–H and O–H groups in total. The maximum absolute atomic E-state index is 13.1. The normalized spacial score (nSPS) is 23.0. The molecule has 1 aromatic rings. The van der Waals surface area contributed by atoms with Crippen LogP contribution in [0.2, 0.25) is 0 Å². The van der Waals surface area contributed by atoms with Crippen LogP contribution in [0.4, 0.5) is 8.78 Å². The summed E-state index contributed by atoms with van der Waals surface area (Å²) in [5, 5.41) is 0. The van der Waals surface area contributed by atoms with Gasteiger partial charge in [0.2, 0.25) is 0 Å². The van der Waals surface area contributed by atoms with Crippen LogP contribution in [0.3, 0.4) is 0 Å². The molecule has 1 aliphatic heterocycles. The molecule has 0 radical (unpaired) electrons. The molecule has 0 amide bonds. The standard InChI is InChI=1S/C14H20F2N2/c1-10-3-2-6-18(8-10)9-14(17)11-4-5-12(15)13(16)7-11/h4-5,7,10,14H,2-3,6,8-9,17H2,1H3. The van der Waals surface area contributed by atoms with Gasteiger partial charge in [-0.1, -0.05) is 13.0 Å². The summed E-state index contributed by atoms with van der Waals surface area (Å²) in [6.07, 6.45) is 2.45. The second-order valence-electron chi connectivity index (χ2n) is 5.29. The van der Waals surface area contributed by atoms with E-state index in [1.165, 1.54) is 18.9 Å². The molecule has 2 unspecified atom stereocenters. The third kappa shape index (κ3) is 3.27. The van der Waals surface area contributed by atoms with E-state index in [0.29, 0.717) is 18.0 Å². The second kappa shape index (κ2) is 5.76. The number of hydrogen-bond donors (Lipinski definition) is 1. The van der Waals surface area contributed by atoms with Gasteiger partial charge in [0.25, 0.3) is 0 Å². The first-order valence-corrected chi connectivity index (χ1v) is 6.49. The summed E-state index contributed by atoms with van der Waals surface area (Å²) in [5.41, 5.74) is 6.72. The molecule has 1 aliphatic rings. The van der Waals surface area contributed by atoms with Gasteiger partial charge >= 0.3 is 0 Å². The lowest BCUT2D eigenvalue weighted by atomic mass is 9.99. The summed E-state index contributed by atoms with van der Waals surface area (Å²) in [6, 6.07) is 3.65. The number of halogens is 2. The highest BCUT2D eigenvalue weighted by Crippen LogP contribution is 2.20. The van der Waals surface area contributed by atoms with Crippen LogP contribution in [-0.2, 0) is 0 Å². The Bertz CT molecular complexity index is 409. The predicted octanol–water partition coefficient (Wildman–Crippen LogP) is 2.70. The van der Waals surface area contributed by atoms with Gasteiger partial charge in [0, 0.05) is 19.1 Å². The Labute approximate surface area is 107 Å². The molecule has 1 aromatic carbocycles. The van der Waals surface area contributed by atoms with Gasteiger partial charge in [-0.3, -0.25) is 0 Å². The van der Waals surface area contributed by atoms with Gasteiger partial charge in [-0.2, -0.15) is 0 Å². The van der Waals surface area contributed by atoms with Crippen LogP contribution >= 0.6 is 0 Å². The minimum Gasteiger partial charge on any atom is -0.323 e. The summed E-state index contributed by atoms with van der Waals surface area (Å²) < 4.78 is 26.0. The van der Waals surface area contributed by atoms with Gasteiger partial charge in [0.1, 0.15) is 0 Å². The van der Waals surface area contributed by atoms with Gasteiger partial charge in [0.15, 0.2) is 11.6 Å². The molecule has 0 saturated carbocycles. The number of benzene rings is 1. The molecule has 2 atom stereocenters. The van der Waals surface area contributed by atoms with Crippen LogP contribution in [0, 0.1) is 17.6 Å². The minimum absolute atomic E-state index is 0.259. The van der Waals surface area contributed by atoms with Crippen molar-refractivity contribution in [1.29, 1.82) is 0 Å². The lowest BCUT2D eigenvalue weighted by molar-refractivity contribution is 0.174. The van der Waals surface area contributed by atoms with Crippen molar-refractivity contribution in [3.63, 3.8) is 0 Å². The highest BCUT2D eigenvalue weighted by atomic mass is 19.2. The summed E-state index contributed by atoms with van der Waals surface area (Å²) in [6.45, 7) is 5.02. The molecule has 1 fully saturated rings. The van der Waals surface area contributed by atoms with Crippen molar-refractivity contribution >= 4 is 0 Å². The highest BCUT2D eigenvalue weighted by Gasteiger charge is 2.19. The fraction of sp³-hybridized carbons (Fsp3) is 0.571. The zero-order valence-electron chi connectivity index (χ0n) is 10.7. The number of piperidine rings is 1. The van der Waals surface area contributed by atoms with Crippen molar-refractivity contribution in [2.45, 2.75) is 25.8 Å². The minimum atomic E-state index is -0.824.